The molecule has 0 saturated carbocycles. The number of rotatable bonds is 7. The second-order valence-corrected chi connectivity index (χ2v) is 7.61. The van der Waals surface area contributed by atoms with Crippen molar-refractivity contribution in [3.8, 4) is 17.2 Å². The lowest BCUT2D eigenvalue weighted by Gasteiger charge is -2.26. The third-order valence-electron chi connectivity index (χ3n) is 5.68. The number of amides is 1. The first-order valence-electron chi connectivity index (χ1n) is 10.2. The third kappa shape index (κ3) is 3.36. The monoisotopic (exact) mass is 439 g/mol. The zero-order chi connectivity index (χ0) is 23.0. The van der Waals surface area contributed by atoms with Crippen LogP contribution in [0.3, 0.4) is 0 Å². The van der Waals surface area contributed by atoms with Crippen molar-refractivity contribution in [3.63, 3.8) is 0 Å². The van der Waals surface area contributed by atoms with Gasteiger partial charge in [-0.1, -0.05) is 11.6 Å². The highest BCUT2D eigenvalue weighted by molar-refractivity contribution is 5.99. The largest absolute Gasteiger partial charge is 0.493 e. The second kappa shape index (κ2) is 8.55. The average Bonchev–Trinajstić information content (AvgIpc) is 3.08. The zero-order valence-electron chi connectivity index (χ0n) is 18.4. The Morgan fingerprint density at radius 3 is 2.31 bits per heavy atom. The maximum absolute atomic E-state index is 13.6. The zero-order valence-corrected chi connectivity index (χ0v) is 18.4. The summed E-state index contributed by atoms with van der Waals surface area (Å²) < 4.78 is 22.3. The lowest BCUT2D eigenvalue weighted by atomic mass is 9.97. The van der Waals surface area contributed by atoms with Crippen molar-refractivity contribution in [2.45, 2.75) is 19.4 Å². The van der Waals surface area contributed by atoms with E-state index in [9.17, 15) is 14.7 Å². The van der Waals surface area contributed by atoms with Gasteiger partial charge in [0.25, 0.3) is 5.91 Å². The quantitative estimate of drug-likeness (QED) is 0.604. The first-order valence-corrected chi connectivity index (χ1v) is 10.2. The molecule has 4 rings (SSSR count). The van der Waals surface area contributed by atoms with Gasteiger partial charge in [0.15, 0.2) is 16.9 Å². The summed E-state index contributed by atoms with van der Waals surface area (Å²) in [6.45, 7) is 2.04. The van der Waals surface area contributed by atoms with Crippen LogP contribution < -0.4 is 19.6 Å². The van der Waals surface area contributed by atoms with Crippen molar-refractivity contribution in [2.24, 2.45) is 0 Å². The molecule has 0 aliphatic carbocycles. The van der Waals surface area contributed by atoms with E-state index >= 15 is 0 Å². The van der Waals surface area contributed by atoms with Gasteiger partial charge in [0.2, 0.25) is 11.5 Å². The van der Waals surface area contributed by atoms with Gasteiger partial charge in [-0.05, 0) is 43.2 Å². The van der Waals surface area contributed by atoms with Crippen LogP contribution in [0.2, 0.25) is 0 Å². The highest BCUT2D eigenvalue weighted by Crippen LogP contribution is 2.45. The van der Waals surface area contributed by atoms with Crippen molar-refractivity contribution < 1.29 is 28.5 Å². The molecule has 3 aromatic rings. The molecule has 1 N–H and O–H groups in total. The van der Waals surface area contributed by atoms with E-state index in [1.165, 1.54) is 26.2 Å². The molecule has 2 aromatic carbocycles. The van der Waals surface area contributed by atoms with Gasteiger partial charge < -0.3 is 28.6 Å². The van der Waals surface area contributed by atoms with E-state index in [4.69, 9.17) is 18.6 Å². The fourth-order valence-electron chi connectivity index (χ4n) is 4.21. The van der Waals surface area contributed by atoms with Crippen LogP contribution in [-0.2, 0) is 0 Å². The number of benzene rings is 2. The molecule has 0 spiro atoms. The normalized spacial score (nSPS) is 15.2. The van der Waals surface area contributed by atoms with E-state index in [1.54, 1.807) is 24.3 Å². The number of hydrogen-bond donors (Lipinski definition) is 1. The minimum Gasteiger partial charge on any atom is -0.493 e. The Morgan fingerprint density at radius 2 is 1.72 bits per heavy atom. The fraction of sp³-hybridized carbons (Fsp3) is 0.333. The molecule has 8 heteroatoms. The van der Waals surface area contributed by atoms with E-state index in [2.05, 4.69) is 0 Å². The summed E-state index contributed by atoms with van der Waals surface area (Å²) in [6, 6.07) is 8.01. The van der Waals surface area contributed by atoms with Crippen molar-refractivity contribution in [1.82, 2.24) is 4.90 Å². The summed E-state index contributed by atoms with van der Waals surface area (Å²) in [5.74, 6) is 0.845. The number of aryl methyl sites for hydroxylation is 1. The molecule has 0 radical (unpaired) electrons. The molecule has 1 atom stereocenters. The Morgan fingerprint density at radius 1 is 1.03 bits per heavy atom. The minimum absolute atomic E-state index is 0.0167. The van der Waals surface area contributed by atoms with Crippen molar-refractivity contribution in [3.05, 3.63) is 63.0 Å². The Hall–Kier alpha value is -3.52. The molecule has 1 amide bonds. The summed E-state index contributed by atoms with van der Waals surface area (Å²) in [7, 11) is 4.51. The van der Waals surface area contributed by atoms with Gasteiger partial charge in [-0.2, -0.15) is 0 Å². The van der Waals surface area contributed by atoms with Gasteiger partial charge in [0, 0.05) is 13.2 Å². The second-order valence-electron chi connectivity index (χ2n) is 7.61. The summed E-state index contributed by atoms with van der Waals surface area (Å²) in [5.41, 5.74) is 1.89. The van der Waals surface area contributed by atoms with Gasteiger partial charge in [-0.25, -0.2) is 0 Å². The van der Waals surface area contributed by atoms with Gasteiger partial charge in [-0.15, -0.1) is 0 Å². The van der Waals surface area contributed by atoms with Crippen molar-refractivity contribution in [1.29, 1.82) is 0 Å². The number of aliphatic hydroxyl groups excluding tert-OH is 1. The van der Waals surface area contributed by atoms with E-state index < -0.39 is 11.9 Å². The van der Waals surface area contributed by atoms with E-state index in [1.807, 2.05) is 13.0 Å². The number of carbonyl (C=O) groups excluding carboxylic acids is 1. The molecular weight excluding hydrogens is 414 g/mol. The number of fused-ring (bicyclic) bond motifs is 2. The maximum atomic E-state index is 13.6. The van der Waals surface area contributed by atoms with Crippen molar-refractivity contribution >= 4 is 16.9 Å². The number of carbonyl (C=O) groups is 1. The van der Waals surface area contributed by atoms with E-state index in [0.29, 0.717) is 40.2 Å². The lowest BCUT2D eigenvalue weighted by Crippen LogP contribution is -2.31. The first kappa shape index (κ1) is 21.7. The number of hydrogen-bond acceptors (Lipinski definition) is 7. The molecule has 1 aliphatic heterocycles. The molecular formula is C24H25NO7. The Kier molecular flexibility index (Phi) is 5.80. The fourth-order valence-corrected chi connectivity index (χ4v) is 4.21. The van der Waals surface area contributed by atoms with Gasteiger partial charge in [0.05, 0.1) is 38.3 Å². The topological polar surface area (TPSA) is 98.4 Å². The average molecular weight is 439 g/mol. The van der Waals surface area contributed by atoms with Crippen molar-refractivity contribution in [2.75, 3.05) is 34.5 Å². The van der Waals surface area contributed by atoms with Crippen LogP contribution in [0.25, 0.3) is 11.0 Å². The van der Waals surface area contributed by atoms with Gasteiger partial charge in [0.1, 0.15) is 5.58 Å². The molecule has 32 heavy (non-hydrogen) atoms. The van der Waals surface area contributed by atoms with Gasteiger partial charge >= 0.3 is 0 Å². The number of nitrogens with zero attached hydrogens (tertiary/aromatic N) is 1. The number of methoxy groups -OCH3 is 3. The molecule has 1 unspecified atom stereocenters. The maximum Gasteiger partial charge on any atom is 0.290 e. The standard InChI is InChI=1S/C24H25NO7/c1-13-6-7-16-15(10-13)21(27)19-20(25(8-5-9-26)24(28)23(19)32-16)14-11-17(29-2)22(31-4)18(12-14)30-3/h6-7,10-12,20,26H,5,8-9H2,1-4H3. The Bertz CT molecular complexity index is 1220. The van der Waals surface area contributed by atoms with Crippen LogP contribution in [0.15, 0.2) is 39.5 Å². The van der Waals surface area contributed by atoms with Crippen LogP contribution >= 0.6 is 0 Å². The minimum atomic E-state index is -0.723. The van der Waals surface area contributed by atoms with Gasteiger partial charge in [-0.3, -0.25) is 9.59 Å². The molecule has 168 valence electrons. The predicted octanol–water partition coefficient (Wildman–Crippen LogP) is 3.05. The smallest absolute Gasteiger partial charge is 0.290 e. The summed E-state index contributed by atoms with van der Waals surface area (Å²) in [4.78, 5) is 28.4. The first-order chi connectivity index (χ1) is 15.4. The Balaban J connectivity index is 2.00. The van der Waals surface area contributed by atoms with Crippen LogP contribution in [0, 0.1) is 6.92 Å². The summed E-state index contributed by atoms with van der Waals surface area (Å²) in [6.07, 6.45) is 0.355. The lowest BCUT2D eigenvalue weighted by molar-refractivity contribution is 0.0716. The number of aliphatic hydroxyl groups is 1. The predicted molar refractivity (Wildman–Crippen MR) is 118 cm³/mol. The van der Waals surface area contributed by atoms with Crippen LogP contribution in [0.1, 0.15) is 39.7 Å². The molecule has 2 heterocycles. The molecule has 1 aliphatic rings. The Labute approximate surface area is 184 Å². The van der Waals surface area contributed by atoms with E-state index in [-0.39, 0.29) is 29.9 Å². The molecule has 1 aromatic heterocycles. The van der Waals surface area contributed by atoms with Crippen LogP contribution in [0.4, 0.5) is 0 Å². The number of ether oxygens (including phenoxy) is 3. The highest BCUT2D eigenvalue weighted by Gasteiger charge is 2.43. The summed E-state index contributed by atoms with van der Waals surface area (Å²) in [5, 5.41) is 9.79. The molecule has 8 nitrogen and oxygen atoms in total. The SMILES string of the molecule is COc1cc(C2c3c(oc4ccc(C)cc4c3=O)C(=O)N2CCCO)cc(OC)c1OC. The van der Waals surface area contributed by atoms with Crippen LogP contribution in [-0.4, -0.2) is 50.4 Å². The van der Waals surface area contributed by atoms with Crippen LogP contribution in [0.5, 0.6) is 17.2 Å². The highest BCUT2D eigenvalue weighted by atomic mass is 16.5. The third-order valence-corrected chi connectivity index (χ3v) is 5.68. The van der Waals surface area contributed by atoms with E-state index in [0.717, 1.165) is 5.56 Å². The summed E-state index contributed by atoms with van der Waals surface area (Å²) >= 11 is 0. The molecule has 0 saturated heterocycles. The molecule has 0 bridgehead atoms. The molecule has 0 fully saturated rings.